The first-order valence-corrected chi connectivity index (χ1v) is 11.6. The Hall–Kier alpha value is -3.74. The summed E-state index contributed by atoms with van der Waals surface area (Å²) in [7, 11) is 0. The first-order valence-electron chi connectivity index (χ1n) is 11.6. The number of anilines is 3. The van der Waals surface area contributed by atoms with Gasteiger partial charge in [-0.2, -0.15) is 0 Å². The zero-order valence-corrected chi connectivity index (χ0v) is 19.8. The van der Waals surface area contributed by atoms with Crippen LogP contribution < -0.4 is 20.4 Å². The molecule has 0 bridgehead atoms. The van der Waals surface area contributed by atoms with E-state index in [0.717, 1.165) is 31.9 Å². The molecule has 0 saturated carbocycles. The van der Waals surface area contributed by atoms with Crippen LogP contribution in [0.15, 0.2) is 59.0 Å². The van der Waals surface area contributed by atoms with E-state index in [1.165, 1.54) is 11.3 Å². The first kappa shape index (κ1) is 23.4. The van der Waals surface area contributed by atoms with Gasteiger partial charge in [-0.05, 0) is 62.2 Å². The van der Waals surface area contributed by atoms with Gasteiger partial charge in [0, 0.05) is 44.0 Å². The summed E-state index contributed by atoms with van der Waals surface area (Å²) in [5.74, 6) is 0.367. The Balaban J connectivity index is 1.56. The molecular weight excluding hydrogens is 428 g/mol. The van der Waals surface area contributed by atoms with E-state index in [9.17, 15) is 9.59 Å². The molecule has 0 aliphatic carbocycles. The number of para-hydroxylation sites is 1. The zero-order valence-electron chi connectivity index (χ0n) is 19.8. The number of amides is 2. The number of carbonyl (C=O) groups excluding carboxylic acids is 2. The lowest BCUT2D eigenvalue weighted by molar-refractivity contribution is 0.0952. The van der Waals surface area contributed by atoms with Crippen molar-refractivity contribution < 1.29 is 14.0 Å². The van der Waals surface area contributed by atoms with Gasteiger partial charge in [0.1, 0.15) is 5.76 Å². The maximum Gasteiger partial charge on any atom is 0.291 e. The van der Waals surface area contributed by atoms with Crippen molar-refractivity contribution in [1.82, 2.24) is 5.32 Å². The summed E-state index contributed by atoms with van der Waals surface area (Å²) in [6.45, 7) is 11.5. The monoisotopic (exact) mass is 459 g/mol. The summed E-state index contributed by atoms with van der Waals surface area (Å²) in [6, 6.07) is 17.2. The molecule has 2 amide bonds. The molecule has 3 aromatic rings. The number of aryl methyl sites for hydroxylation is 2. The maximum absolute atomic E-state index is 12.8. The highest BCUT2D eigenvalue weighted by atomic mass is 16.3. The number of nitrogens with zero attached hydrogens (tertiary/aromatic N) is 2. The van der Waals surface area contributed by atoms with Crippen LogP contribution in [0.3, 0.4) is 0 Å². The number of hydrogen-bond acceptors (Lipinski definition) is 5. The Labute approximate surface area is 200 Å². The Bertz CT molecular complexity index is 1160. The molecule has 1 saturated heterocycles. The molecule has 1 fully saturated rings. The summed E-state index contributed by atoms with van der Waals surface area (Å²) in [4.78, 5) is 30.0. The van der Waals surface area contributed by atoms with Gasteiger partial charge in [-0.15, -0.1) is 0 Å². The Kier molecular flexibility index (Phi) is 7.21. The minimum Gasteiger partial charge on any atom is -0.456 e. The van der Waals surface area contributed by atoms with Crippen molar-refractivity contribution in [2.75, 3.05) is 47.8 Å². The van der Waals surface area contributed by atoms with Gasteiger partial charge >= 0.3 is 0 Å². The fourth-order valence-corrected chi connectivity index (χ4v) is 4.20. The predicted octanol–water partition coefficient (Wildman–Crippen LogP) is 4.43. The van der Waals surface area contributed by atoms with Gasteiger partial charge in [0.25, 0.3) is 11.8 Å². The maximum atomic E-state index is 12.8. The summed E-state index contributed by atoms with van der Waals surface area (Å²) in [5.41, 5.74) is 4.47. The van der Waals surface area contributed by atoms with Crippen LogP contribution in [0.4, 0.5) is 17.1 Å². The Morgan fingerprint density at radius 2 is 1.62 bits per heavy atom. The Morgan fingerprint density at radius 1 is 0.912 bits per heavy atom. The average Bonchev–Trinajstić information content (AvgIpc) is 3.29. The molecule has 4 rings (SSSR count). The minimum atomic E-state index is -0.344. The van der Waals surface area contributed by atoms with Gasteiger partial charge in [-0.25, -0.2) is 0 Å². The second kappa shape index (κ2) is 10.5. The second-order valence-electron chi connectivity index (χ2n) is 8.47. The number of nitrogens with one attached hydrogen (secondary N) is 2. The third-order valence-electron chi connectivity index (χ3n) is 6.01. The van der Waals surface area contributed by atoms with Crippen molar-refractivity contribution >= 4 is 28.9 Å². The molecule has 2 aromatic carbocycles. The van der Waals surface area contributed by atoms with Crippen molar-refractivity contribution in [1.29, 1.82) is 0 Å². The average molecular weight is 460 g/mol. The van der Waals surface area contributed by atoms with Crippen molar-refractivity contribution in [3.63, 3.8) is 0 Å². The molecule has 2 heterocycles. The van der Waals surface area contributed by atoms with Crippen molar-refractivity contribution in [2.24, 2.45) is 0 Å². The van der Waals surface area contributed by atoms with Crippen LogP contribution in [0.25, 0.3) is 0 Å². The number of hydrogen-bond donors (Lipinski definition) is 2. The van der Waals surface area contributed by atoms with E-state index in [2.05, 4.69) is 58.5 Å². The minimum absolute atomic E-state index is 0.191. The van der Waals surface area contributed by atoms with Crippen molar-refractivity contribution in [3.05, 3.63) is 84.2 Å². The predicted molar refractivity (Wildman–Crippen MR) is 136 cm³/mol. The lowest BCUT2D eigenvalue weighted by atomic mass is 10.1. The fraction of sp³-hybridized carbons (Fsp3) is 0.296. The summed E-state index contributed by atoms with van der Waals surface area (Å²) >= 11 is 0. The third-order valence-corrected chi connectivity index (χ3v) is 6.01. The summed E-state index contributed by atoms with van der Waals surface area (Å²) in [6.07, 6.45) is 0.608. The van der Waals surface area contributed by atoms with Gasteiger partial charge in [-0.1, -0.05) is 25.1 Å². The highest BCUT2D eigenvalue weighted by Gasteiger charge is 2.23. The molecule has 1 aromatic heterocycles. The normalized spacial score (nSPS) is 13.6. The van der Waals surface area contributed by atoms with E-state index in [-0.39, 0.29) is 17.6 Å². The number of piperazine rings is 1. The van der Waals surface area contributed by atoms with Gasteiger partial charge in [0.15, 0.2) is 5.76 Å². The molecule has 34 heavy (non-hydrogen) atoms. The van der Waals surface area contributed by atoms with Crippen LogP contribution >= 0.6 is 0 Å². The van der Waals surface area contributed by atoms with Crippen LogP contribution in [-0.4, -0.2) is 44.5 Å². The molecule has 1 radical (unpaired) electrons. The van der Waals surface area contributed by atoms with Crippen molar-refractivity contribution in [3.8, 4) is 0 Å². The van der Waals surface area contributed by atoms with E-state index in [1.807, 2.05) is 6.07 Å². The number of rotatable bonds is 7. The van der Waals surface area contributed by atoms with Crippen LogP contribution in [-0.2, 0) is 0 Å². The quantitative estimate of drug-likeness (QED) is 0.547. The SMILES string of the molecule is [CH2]CCNC(=O)c1ccc(N2CCN(c3ccccc3C)CC2)c(NC(=O)c2ccc(C)o2)c1. The zero-order chi connectivity index (χ0) is 24.1. The molecule has 0 spiro atoms. The Morgan fingerprint density at radius 3 is 2.26 bits per heavy atom. The van der Waals surface area contributed by atoms with E-state index < -0.39 is 0 Å². The highest BCUT2D eigenvalue weighted by Crippen LogP contribution is 2.30. The highest BCUT2D eigenvalue weighted by molar-refractivity contribution is 6.05. The molecule has 2 N–H and O–H groups in total. The number of carbonyl (C=O) groups is 2. The van der Waals surface area contributed by atoms with Crippen LogP contribution in [0, 0.1) is 20.8 Å². The summed E-state index contributed by atoms with van der Waals surface area (Å²) < 4.78 is 5.49. The molecule has 7 nitrogen and oxygen atoms in total. The van der Waals surface area contributed by atoms with E-state index in [4.69, 9.17) is 4.42 Å². The summed E-state index contributed by atoms with van der Waals surface area (Å²) in [5, 5.41) is 5.80. The largest absolute Gasteiger partial charge is 0.456 e. The molecule has 1 aliphatic heterocycles. The van der Waals surface area contributed by atoms with Gasteiger partial charge in [0.05, 0.1) is 11.4 Å². The van der Waals surface area contributed by atoms with Gasteiger partial charge in [-0.3, -0.25) is 9.59 Å². The molecule has 0 unspecified atom stereocenters. The molecule has 177 valence electrons. The molecular formula is C27H31N4O3. The lowest BCUT2D eigenvalue weighted by Gasteiger charge is -2.38. The van der Waals surface area contributed by atoms with E-state index in [0.29, 0.717) is 30.0 Å². The number of furan rings is 1. The topological polar surface area (TPSA) is 77.8 Å². The van der Waals surface area contributed by atoms with Crippen LogP contribution in [0.5, 0.6) is 0 Å². The lowest BCUT2D eigenvalue weighted by Crippen LogP contribution is -2.47. The van der Waals surface area contributed by atoms with Crippen LogP contribution in [0.1, 0.15) is 38.7 Å². The molecule has 7 heteroatoms. The second-order valence-corrected chi connectivity index (χ2v) is 8.47. The third kappa shape index (κ3) is 5.25. The van der Waals surface area contributed by atoms with Crippen molar-refractivity contribution in [2.45, 2.75) is 20.3 Å². The fourth-order valence-electron chi connectivity index (χ4n) is 4.20. The van der Waals surface area contributed by atoms with Crippen LogP contribution in [0.2, 0.25) is 0 Å². The molecule has 1 aliphatic rings. The van der Waals surface area contributed by atoms with Gasteiger partial charge in [0.2, 0.25) is 0 Å². The van der Waals surface area contributed by atoms with E-state index >= 15 is 0 Å². The van der Waals surface area contributed by atoms with Gasteiger partial charge < -0.3 is 24.9 Å². The number of benzene rings is 2. The first-order chi connectivity index (χ1) is 16.5. The smallest absolute Gasteiger partial charge is 0.291 e. The molecule has 0 atom stereocenters. The standard InChI is InChI=1S/C27H31N4O3/c1-4-13-28-26(32)21-10-11-24(22(18-21)29-27(33)25-12-9-20(3)34-25)31-16-14-30(15-17-31)23-8-6-5-7-19(23)2/h5-12,18H,1,4,13-17H2,2-3H3,(H,28,32)(H,29,33). The van der Waals surface area contributed by atoms with E-state index in [1.54, 1.807) is 31.2 Å².